The molecule has 0 bridgehead atoms. The Labute approximate surface area is 133 Å². The summed E-state index contributed by atoms with van der Waals surface area (Å²) >= 11 is 0. The molecule has 2 aromatic heterocycles. The molecule has 1 atom stereocenters. The summed E-state index contributed by atoms with van der Waals surface area (Å²) in [6.07, 6.45) is -0.132. The van der Waals surface area contributed by atoms with E-state index in [0.717, 1.165) is 22.8 Å². The third-order valence-electron chi connectivity index (χ3n) is 4.26. The molecule has 122 valence electrons. The summed E-state index contributed by atoms with van der Waals surface area (Å²) in [5, 5.41) is 19.4. The lowest BCUT2D eigenvalue weighted by Gasteiger charge is -2.37. The first-order chi connectivity index (χ1) is 10.1. The van der Waals surface area contributed by atoms with Crippen LogP contribution in [0.25, 0.3) is 0 Å². The van der Waals surface area contributed by atoms with Crippen LogP contribution in [0.15, 0.2) is 12.1 Å². The van der Waals surface area contributed by atoms with Gasteiger partial charge in [-0.15, -0.1) is 0 Å². The van der Waals surface area contributed by atoms with Crippen LogP contribution in [0.1, 0.15) is 49.7 Å². The van der Waals surface area contributed by atoms with E-state index in [1.807, 2.05) is 23.2 Å². The molecule has 0 radical (unpaired) electrons. The number of aryl methyl sites for hydroxylation is 4. The maximum atomic E-state index is 10.1. The van der Waals surface area contributed by atoms with Gasteiger partial charge < -0.3 is 5.11 Å². The van der Waals surface area contributed by atoms with Gasteiger partial charge in [-0.3, -0.25) is 0 Å². The minimum atomic E-state index is -0.132. The third-order valence-corrected chi connectivity index (χ3v) is 4.26. The predicted molar refractivity (Wildman–Crippen MR) is 87.9 cm³/mol. The van der Waals surface area contributed by atoms with Gasteiger partial charge in [-0.2, -0.15) is 10.2 Å². The molecule has 2 rings (SSSR count). The Bertz CT molecular complexity index is 602. The SMILES string of the molecule is Cc1cc(C)n(C([C@H](CO)C(C)(C)C)n2nc(C)cc2C)n1. The zero-order chi connectivity index (χ0) is 16.7. The van der Waals surface area contributed by atoms with Crippen molar-refractivity contribution in [2.75, 3.05) is 6.61 Å². The first-order valence-electron chi connectivity index (χ1n) is 7.81. The van der Waals surface area contributed by atoms with E-state index in [1.54, 1.807) is 0 Å². The van der Waals surface area contributed by atoms with Crippen LogP contribution in [0, 0.1) is 39.0 Å². The summed E-state index contributed by atoms with van der Waals surface area (Å²) in [7, 11) is 0. The van der Waals surface area contributed by atoms with Crippen LogP contribution >= 0.6 is 0 Å². The number of aliphatic hydroxyl groups is 1. The second-order valence-electron chi connectivity index (χ2n) is 7.31. The van der Waals surface area contributed by atoms with Gasteiger partial charge in [-0.1, -0.05) is 20.8 Å². The van der Waals surface area contributed by atoms with Crippen LogP contribution in [-0.4, -0.2) is 31.3 Å². The minimum absolute atomic E-state index is 0.00324. The summed E-state index contributed by atoms with van der Waals surface area (Å²) in [5.74, 6) is 0.00324. The molecule has 5 nitrogen and oxygen atoms in total. The highest BCUT2D eigenvalue weighted by Crippen LogP contribution is 2.36. The van der Waals surface area contributed by atoms with Gasteiger partial charge in [-0.25, -0.2) is 9.36 Å². The standard InChI is InChI=1S/C17H28N4O/c1-11-8-13(3)20(18-11)16(15(10-22)17(5,6)7)21-14(4)9-12(2)19-21/h8-9,15-16,22H,10H2,1-7H3/t15-/m0/s1. The minimum Gasteiger partial charge on any atom is -0.396 e. The van der Waals surface area contributed by atoms with E-state index in [4.69, 9.17) is 0 Å². The fourth-order valence-electron chi connectivity index (χ4n) is 3.09. The van der Waals surface area contributed by atoms with Crippen molar-refractivity contribution in [2.45, 2.75) is 54.6 Å². The predicted octanol–water partition coefficient (Wildman–Crippen LogP) is 3.01. The number of hydrogen-bond acceptors (Lipinski definition) is 3. The van der Waals surface area contributed by atoms with Gasteiger partial charge in [0.05, 0.1) is 18.0 Å². The van der Waals surface area contributed by atoms with Crippen molar-refractivity contribution in [3.63, 3.8) is 0 Å². The largest absolute Gasteiger partial charge is 0.396 e. The van der Waals surface area contributed by atoms with Gasteiger partial charge >= 0.3 is 0 Å². The Morgan fingerprint density at radius 3 is 1.59 bits per heavy atom. The van der Waals surface area contributed by atoms with Crippen molar-refractivity contribution in [3.8, 4) is 0 Å². The van der Waals surface area contributed by atoms with Gasteiger partial charge in [0, 0.05) is 17.3 Å². The molecule has 0 spiro atoms. The lowest BCUT2D eigenvalue weighted by atomic mass is 9.79. The van der Waals surface area contributed by atoms with E-state index in [2.05, 4.69) is 56.9 Å². The van der Waals surface area contributed by atoms with E-state index in [-0.39, 0.29) is 24.1 Å². The average molecular weight is 304 g/mol. The number of rotatable bonds is 4. The van der Waals surface area contributed by atoms with Gasteiger partial charge in [0.15, 0.2) is 0 Å². The van der Waals surface area contributed by atoms with Crippen LogP contribution in [-0.2, 0) is 0 Å². The van der Waals surface area contributed by atoms with Gasteiger partial charge in [-0.05, 0) is 45.2 Å². The Kier molecular flexibility index (Phi) is 4.47. The number of aromatic nitrogens is 4. The zero-order valence-electron chi connectivity index (χ0n) is 14.8. The van der Waals surface area contributed by atoms with Crippen molar-refractivity contribution < 1.29 is 5.11 Å². The molecule has 1 N–H and O–H groups in total. The first-order valence-corrected chi connectivity index (χ1v) is 7.81. The third kappa shape index (κ3) is 3.09. The lowest BCUT2D eigenvalue weighted by Crippen LogP contribution is -2.39. The Balaban J connectivity index is 2.64. The topological polar surface area (TPSA) is 55.9 Å². The van der Waals surface area contributed by atoms with Gasteiger partial charge in [0.25, 0.3) is 0 Å². The van der Waals surface area contributed by atoms with E-state index < -0.39 is 0 Å². The van der Waals surface area contributed by atoms with Crippen LogP contribution < -0.4 is 0 Å². The highest BCUT2D eigenvalue weighted by atomic mass is 16.3. The molecule has 2 heterocycles. The zero-order valence-corrected chi connectivity index (χ0v) is 14.8. The van der Waals surface area contributed by atoms with Crippen LogP contribution in [0.5, 0.6) is 0 Å². The summed E-state index contributed by atoms with van der Waals surface area (Å²) in [6.45, 7) is 14.6. The molecular formula is C17H28N4O. The normalized spacial score (nSPS) is 13.9. The maximum Gasteiger partial charge on any atom is 0.149 e. The second kappa shape index (κ2) is 5.88. The van der Waals surface area contributed by atoms with Crippen LogP contribution in [0.4, 0.5) is 0 Å². The molecule has 0 amide bonds. The highest BCUT2D eigenvalue weighted by Gasteiger charge is 2.36. The van der Waals surface area contributed by atoms with E-state index in [0.29, 0.717) is 0 Å². The fourth-order valence-corrected chi connectivity index (χ4v) is 3.09. The smallest absolute Gasteiger partial charge is 0.149 e. The van der Waals surface area contributed by atoms with E-state index in [9.17, 15) is 5.11 Å². The number of nitrogens with zero attached hydrogens (tertiary/aromatic N) is 4. The molecule has 0 fully saturated rings. The summed E-state index contributed by atoms with van der Waals surface area (Å²) in [5.41, 5.74) is 4.05. The molecule has 0 aliphatic heterocycles. The van der Waals surface area contributed by atoms with E-state index in [1.165, 1.54) is 0 Å². The van der Waals surface area contributed by atoms with Crippen molar-refractivity contribution >= 4 is 0 Å². The quantitative estimate of drug-likeness (QED) is 0.944. The molecule has 0 saturated carbocycles. The molecule has 0 saturated heterocycles. The number of hydrogen-bond donors (Lipinski definition) is 1. The first kappa shape index (κ1) is 16.7. The van der Waals surface area contributed by atoms with Gasteiger partial charge in [0.2, 0.25) is 0 Å². The van der Waals surface area contributed by atoms with Gasteiger partial charge in [0.1, 0.15) is 6.17 Å². The highest BCUT2D eigenvalue weighted by molar-refractivity contribution is 5.12. The van der Waals surface area contributed by atoms with Crippen LogP contribution in [0.2, 0.25) is 0 Å². The second-order valence-corrected chi connectivity index (χ2v) is 7.31. The molecule has 0 aromatic carbocycles. The molecular weight excluding hydrogens is 276 g/mol. The molecule has 5 heteroatoms. The molecule has 0 unspecified atom stereocenters. The van der Waals surface area contributed by atoms with Crippen LogP contribution in [0.3, 0.4) is 0 Å². The summed E-state index contributed by atoms with van der Waals surface area (Å²) in [4.78, 5) is 0. The Hall–Kier alpha value is -1.62. The molecule has 0 aliphatic carbocycles. The summed E-state index contributed by atoms with van der Waals surface area (Å²) in [6, 6.07) is 4.13. The summed E-state index contributed by atoms with van der Waals surface area (Å²) < 4.78 is 4.00. The van der Waals surface area contributed by atoms with Crippen molar-refractivity contribution in [1.29, 1.82) is 0 Å². The number of aliphatic hydroxyl groups excluding tert-OH is 1. The molecule has 2 aromatic rings. The molecule has 22 heavy (non-hydrogen) atoms. The van der Waals surface area contributed by atoms with Crippen molar-refractivity contribution in [2.24, 2.45) is 11.3 Å². The Morgan fingerprint density at radius 2 is 1.36 bits per heavy atom. The van der Waals surface area contributed by atoms with E-state index >= 15 is 0 Å². The molecule has 0 aliphatic rings. The maximum absolute atomic E-state index is 10.1. The fraction of sp³-hybridized carbons (Fsp3) is 0.647. The van der Waals surface area contributed by atoms with Crippen molar-refractivity contribution in [1.82, 2.24) is 19.6 Å². The average Bonchev–Trinajstić information content (AvgIpc) is 2.86. The monoisotopic (exact) mass is 304 g/mol. The van der Waals surface area contributed by atoms with Crippen molar-refractivity contribution in [3.05, 3.63) is 34.9 Å². The Morgan fingerprint density at radius 1 is 0.955 bits per heavy atom. The lowest BCUT2D eigenvalue weighted by molar-refractivity contribution is 0.0564.